The van der Waals surface area contributed by atoms with Gasteiger partial charge in [-0.05, 0) is 47.7 Å². The second-order valence-electron chi connectivity index (χ2n) is 9.67. The lowest BCUT2D eigenvalue weighted by atomic mass is 9.93. The summed E-state index contributed by atoms with van der Waals surface area (Å²) >= 11 is 0. The Morgan fingerprint density at radius 1 is 0.879 bits per heavy atom. The minimum Gasteiger partial charge on any atom is -0.298 e. The molecule has 1 aliphatic heterocycles. The number of nitrogens with zero attached hydrogens (tertiary/aromatic N) is 6. The van der Waals surface area contributed by atoms with E-state index in [9.17, 15) is 0 Å². The fourth-order valence-corrected chi connectivity index (χ4v) is 5.53. The van der Waals surface area contributed by atoms with Gasteiger partial charge in [0.2, 0.25) is 0 Å². The number of piperazine rings is 1. The van der Waals surface area contributed by atoms with Gasteiger partial charge in [0.15, 0.2) is 5.82 Å². The first-order chi connectivity index (χ1) is 16.3. The Morgan fingerprint density at radius 3 is 2.33 bits per heavy atom. The molecule has 1 aliphatic carbocycles. The summed E-state index contributed by atoms with van der Waals surface area (Å²) in [5.74, 6) is 0.959. The Morgan fingerprint density at radius 2 is 1.61 bits per heavy atom. The van der Waals surface area contributed by atoms with Crippen LogP contribution in [0.1, 0.15) is 60.7 Å². The molecule has 1 unspecified atom stereocenters. The number of aryl methyl sites for hydroxylation is 3. The van der Waals surface area contributed by atoms with E-state index in [0.717, 1.165) is 51.0 Å². The SMILES string of the molecule is Cc1ccc(C(c2nnnn2CCc2ccccc2)N2CCN(C3CCCCC3)CC2)cc1. The van der Waals surface area contributed by atoms with Gasteiger partial charge in [0, 0.05) is 38.8 Å². The van der Waals surface area contributed by atoms with Crippen molar-refractivity contribution < 1.29 is 0 Å². The summed E-state index contributed by atoms with van der Waals surface area (Å²) in [6, 6.07) is 20.4. The van der Waals surface area contributed by atoms with Gasteiger partial charge in [-0.3, -0.25) is 9.80 Å². The van der Waals surface area contributed by atoms with Crippen LogP contribution in [-0.2, 0) is 13.0 Å². The van der Waals surface area contributed by atoms with Crippen molar-refractivity contribution in [2.75, 3.05) is 26.2 Å². The number of hydrogen-bond acceptors (Lipinski definition) is 5. The molecule has 1 aromatic heterocycles. The number of aromatic nitrogens is 4. The standard InChI is InChI=1S/C27H36N6/c1-22-12-14-24(15-13-22)26(32-20-18-31(19-21-32)25-10-6-3-7-11-25)27-28-29-30-33(27)17-16-23-8-4-2-5-9-23/h2,4-5,8-9,12-15,25-26H,3,6-7,10-11,16-21H2,1H3. The van der Waals surface area contributed by atoms with Crippen LogP contribution >= 0.6 is 0 Å². The predicted molar refractivity (Wildman–Crippen MR) is 131 cm³/mol. The quantitative estimate of drug-likeness (QED) is 0.545. The van der Waals surface area contributed by atoms with Crippen LogP contribution in [0.2, 0.25) is 0 Å². The minimum atomic E-state index is 0.0879. The molecule has 0 amide bonds. The van der Waals surface area contributed by atoms with Crippen molar-refractivity contribution in [2.24, 2.45) is 0 Å². The largest absolute Gasteiger partial charge is 0.298 e. The van der Waals surface area contributed by atoms with Gasteiger partial charge in [0.1, 0.15) is 0 Å². The molecule has 1 atom stereocenters. The molecule has 0 radical (unpaired) electrons. The summed E-state index contributed by atoms with van der Waals surface area (Å²) in [7, 11) is 0. The normalized spacial score (nSPS) is 19.5. The summed E-state index contributed by atoms with van der Waals surface area (Å²) in [5, 5.41) is 13.1. The lowest BCUT2D eigenvalue weighted by Gasteiger charge is -2.43. The molecule has 3 aromatic rings. The Kier molecular flexibility index (Phi) is 7.12. The molecule has 6 nitrogen and oxygen atoms in total. The molecule has 0 spiro atoms. The van der Waals surface area contributed by atoms with Crippen molar-refractivity contribution in [3.8, 4) is 0 Å². The molecule has 2 aromatic carbocycles. The highest BCUT2D eigenvalue weighted by atomic mass is 15.6. The lowest BCUT2D eigenvalue weighted by molar-refractivity contribution is 0.0619. The summed E-state index contributed by atoms with van der Waals surface area (Å²) < 4.78 is 2.02. The van der Waals surface area contributed by atoms with E-state index < -0.39 is 0 Å². The predicted octanol–water partition coefficient (Wildman–Crippen LogP) is 4.26. The fraction of sp³-hybridized carbons (Fsp3) is 0.519. The van der Waals surface area contributed by atoms with Crippen molar-refractivity contribution in [3.05, 3.63) is 77.1 Å². The fourth-order valence-electron chi connectivity index (χ4n) is 5.53. The number of tetrazole rings is 1. The first-order valence-electron chi connectivity index (χ1n) is 12.6. The van der Waals surface area contributed by atoms with Crippen LogP contribution in [0.15, 0.2) is 54.6 Å². The zero-order valence-corrected chi connectivity index (χ0v) is 19.8. The molecule has 2 fully saturated rings. The third-order valence-electron chi connectivity index (χ3n) is 7.46. The van der Waals surface area contributed by atoms with E-state index in [4.69, 9.17) is 0 Å². The maximum Gasteiger partial charge on any atom is 0.173 e. The highest BCUT2D eigenvalue weighted by Crippen LogP contribution is 2.30. The van der Waals surface area contributed by atoms with E-state index in [-0.39, 0.29) is 6.04 Å². The average Bonchev–Trinajstić information content (AvgIpc) is 3.34. The minimum absolute atomic E-state index is 0.0879. The molecular formula is C27H36N6. The molecule has 33 heavy (non-hydrogen) atoms. The Bertz CT molecular complexity index is 985. The van der Waals surface area contributed by atoms with Gasteiger partial charge < -0.3 is 0 Å². The van der Waals surface area contributed by atoms with Crippen LogP contribution in [-0.4, -0.2) is 62.2 Å². The maximum absolute atomic E-state index is 4.56. The van der Waals surface area contributed by atoms with Gasteiger partial charge in [0.25, 0.3) is 0 Å². The topological polar surface area (TPSA) is 50.1 Å². The van der Waals surface area contributed by atoms with Gasteiger partial charge in [-0.2, -0.15) is 0 Å². The highest BCUT2D eigenvalue weighted by Gasteiger charge is 2.32. The van der Waals surface area contributed by atoms with Crippen molar-refractivity contribution in [3.63, 3.8) is 0 Å². The molecule has 2 aliphatic rings. The van der Waals surface area contributed by atoms with E-state index in [1.807, 2.05) is 4.68 Å². The highest BCUT2D eigenvalue weighted by molar-refractivity contribution is 5.28. The molecule has 1 saturated heterocycles. The third-order valence-corrected chi connectivity index (χ3v) is 7.46. The average molecular weight is 445 g/mol. The zero-order valence-electron chi connectivity index (χ0n) is 19.8. The van der Waals surface area contributed by atoms with Crippen molar-refractivity contribution >= 4 is 0 Å². The molecule has 6 heteroatoms. The second-order valence-corrected chi connectivity index (χ2v) is 9.67. The summed E-state index contributed by atoms with van der Waals surface area (Å²) in [6.07, 6.45) is 7.88. The van der Waals surface area contributed by atoms with Crippen LogP contribution < -0.4 is 0 Å². The van der Waals surface area contributed by atoms with Gasteiger partial charge in [-0.1, -0.05) is 79.4 Å². The third kappa shape index (κ3) is 5.33. The summed E-state index contributed by atoms with van der Waals surface area (Å²) in [5.41, 5.74) is 3.87. The van der Waals surface area contributed by atoms with E-state index in [1.54, 1.807) is 0 Å². The van der Waals surface area contributed by atoms with E-state index in [0.29, 0.717) is 0 Å². The molecule has 5 rings (SSSR count). The van der Waals surface area contributed by atoms with Gasteiger partial charge in [-0.25, -0.2) is 4.68 Å². The van der Waals surface area contributed by atoms with Crippen LogP contribution in [0, 0.1) is 6.92 Å². The van der Waals surface area contributed by atoms with Crippen LogP contribution in [0.4, 0.5) is 0 Å². The van der Waals surface area contributed by atoms with Gasteiger partial charge in [0.05, 0.1) is 6.04 Å². The van der Waals surface area contributed by atoms with E-state index >= 15 is 0 Å². The monoisotopic (exact) mass is 444 g/mol. The maximum atomic E-state index is 4.56. The molecule has 0 bridgehead atoms. The number of rotatable bonds is 7. The second kappa shape index (κ2) is 10.6. The van der Waals surface area contributed by atoms with Crippen molar-refractivity contribution in [1.82, 2.24) is 30.0 Å². The van der Waals surface area contributed by atoms with E-state index in [2.05, 4.69) is 86.8 Å². The van der Waals surface area contributed by atoms with Crippen LogP contribution in [0.3, 0.4) is 0 Å². The molecule has 0 N–H and O–H groups in total. The van der Waals surface area contributed by atoms with Gasteiger partial charge >= 0.3 is 0 Å². The summed E-state index contributed by atoms with van der Waals surface area (Å²) in [4.78, 5) is 5.33. The Labute approximate surface area is 197 Å². The lowest BCUT2D eigenvalue weighted by Crippen LogP contribution is -2.52. The van der Waals surface area contributed by atoms with Crippen LogP contribution in [0.25, 0.3) is 0 Å². The van der Waals surface area contributed by atoms with E-state index in [1.165, 1.54) is 48.8 Å². The molecular weight excluding hydrogens is 408 g/mol. The van der Waals surface area contributed by atoms with Crippen LogP contribution in [0.5, 0.6) is 0 Å². The smallest absolute Gasteiger partial charge is 0.173 e. The Hall–Kier alpha value is -2.57. The molecule has 174 valence electrons. The zero-order chi connectivity index (χ0) is 22.5. The number of benzene rings is 2. The first-order valence-corrected chi connectivity index (χ1v) is 12.6. The first kappa shape index (κ1) is 22.2. The van der Waals surface area contributed by atoms with Gasteiger partial charge in [-0.15, -0.1) is 5.10 Å². The molecule has 1 saturated carbocycles. The molecule has 2 heterocycles. The Balaban J connectivity index is 1.35. The van der Waals surface area contributed by atoms with Crippen molar-refractivity contribution in [2.45, 2.75) is 64.1 Å². The number of hydrogen-bond donors (Lipinski definition) is 0. The van der Waals surface area contributed by atoms with Crippen molar-refractivity contribution in [1.29, 1.82) is 0 Å². The summed E-state index contributed by atoms with van der Waals surface area (Å²) in [6.45, 7) is 7.32.